The lowest BCUT2D eigenvalue weighted by Crippen LogP contribution is -2.43. The molecule has 1 aliphatic carbocycles. The van der Waals surface area contributed by atoms with Crippen molar-refractivity contribution in [3.8, 4) is 0 Å². The van der Waals surface area contributed by atoms with Crippen LogP contribution in [0, 0.1) is 13.6 Å². The van der Waals surface area contributed by atoms with Crippen molar-refractivity contribution < 1.29 is 4.24 Å². The average molecular weight is 566 g/mol. The summed E-state index contributed by atoms with van der Waals surface area (Å²) in [7, 11) is 0. The molecule has 0 amide bonds. The third kappa shape index (κ3) is 4.30. The van der Waals surface area contributed by atoms with Crippen molar-refractivity contribution in [2.45, 2.75) is 19.4 Å². The summed E-state index contributed by atoms with van der Waals surface area (Å²) in [6, 6.07) is 48.0. The van der Waals surface area contributed by atoms with Crippen molar-refractivity contribution in [1.29, 1.82) is 0 Å². The summed E-state index contributed by atoms with van der Waals surface area (Å²) in [6.07, 6.45) is 5.47. The Labute approximate surface area is 257 Å². The Morgan fingerprint density at radius 2 is 1.32 bits per heavy atom. The summed E-state index contributed by atoms with van der Waals surface area (Å²) in [5.74, 6) is 0. The van der Waals surface area contributed by atoms with Crippen LogP contribution in [0.2, 0.25) is 0 Å². The largest absolute Gasteiger partial charge is 0.368 e. The number of anilines is 1. The second-order valence-corrected chi connectivity index (χ2v) is 11.7. The lowest BCUT2D eigenvalue weighted by atomic mass is 9.89. The number of hydrogen-bond donors (Lipinski definition) is 1. The molecule has 2 nitrogen and oxygen atoms in total. The number of pyridine rings is 1. The maximum atomic E-state index is 4.72. The molecular formula is C42H33N2+. The van der Waals surface area contributed by atoms with Crippen LogP contribution in [0.3, 0.4) is 0 Å². The Morgan fingerprint density at radius 1 is 0.659 bits per heavy atom. The molecule has 0 bridgehead atoms. The molecule has 0 aliphatic heterocycles. The molecule has 2 heteroatoms. The van der Waals surface area contributed by atoms with E-state index in [1.54, 1.807) is 0 Å². The summed E-state index contributed by atoms with van der Waals surface area (Å²) in [5, 5.41) is 12.6. The van der Waals surface area contributed by atoms with Gasteiger partial charge in [-0.25, -0.2) is 0 Å². The molecule has 44 heavy (non-hydrogen) atoms. The molecule has 1 aromatic heterocycles. The molecule has 0 fully saturated rings. The van der Waals surface area contributed by atoms with Gasteiger partial charge in [-0.2, -0.15) is 4.24 Å². The standard InChI is InChI=1S/C42H33N2/c1-28-25-26-30-14-4-10-21-36(30)41(28)43-42(40-34-19-8-5-15-31(34)27-32-16-6-9-20-35(32)40)39-24-12-23-38(44(39)2)37-22-11-17-29-13-3-7-18-33(29)37/h3-16,18-27,42-43H,2,17H2,1H3/q+1/b38-37+. The van der Waals surface area contributed by atoms with E-state index >= 15 is 0 Å². The van der Waals surface area contributed by atoms with Crippen LogP contribution in [-0.4, -0.2) is 0 Å². The van der Waals surface area contributed by atoms with E-state index in [2.05, 4.69) is 162 Å². The topological polar surface area (TPSA) is 17.9 Å². The van der Waals surface area contributed by atoms with Crippen molar-refractivity contribution >= 4 is 43.6 Å². The summed E-state index contributed by atoms with van der Waals surface area (Å²) in [6.45, 7) is 6.92. The molecule has 210 valence electrons. The number of nitrogens with one attached hydrogen (secondary N) is 1. The number of rotatable bonds is 4. The van der Waals surface area contributed by atoms with Crippen LogP contribution in [0.1, 0.15) is 34.0 Å². The Balaban J connectivity index is 1.47. The summed E-state index contributed by atoms with van der Waals surface area (Å²) >= 11 is 0. The van der Waals surface area contributed by atoms with Crippen molar-refractivity contribution in [3.05, 3.63) is 186 Å². The smallest absolute Gasteiger partial charge is 0.218 e. The van der Waals surface area contributed by atoms with Crippen LogP contribution in [-0.2, 0) is 6.42 Å². The van der Waals surface area contributed by atoms with Gasteiger partial charge in [0.2, 0.25) is 11.0 Å². The molecule has 1 aliphatic rings. The normalized spacial score (nSPS) is 14.6. The Kier molecular flexibility index (Phi) is 6.34. The third-order valence-corrected chi connectivity index (χ3v) is 9.15. The first kappa shape index (κ1) is 26.2. The highest BCUT2D eigenvalue weighted by Gasteiger charge is 2.28. The first-order valence-corrected chi connectivity index (χ1v) is 15.3. The van der Waals surface area contributed by atoms with Gasteiger partial charge in [-0.15, -0.1) is 0 Å². The number of benzene rings is 6. The monoisotopic (exact) mass is 565 g/mol. The van der Waals surface area contributed by atoms with Gasteiger partial charge >= 0.3 is 0 Å². The minimum absolute atomic E-state index is 0.184. The van der Waals surface area contributed by atoms with Gasteiger partial charge < -0.3 is 5.32 Å². The predicted molar refractivity (Wildman–Crippen MR) is 184 cm³/mol. The van der Waals surface area contributed by atoms with E-state index in [-0.39, 0.29) is 6.04 Å². The number of allylic oxidation sites excluding steroid dienone is 2. The van der Waals surface area contributed by atoms with E-state index in [1.165, 1.54) is 60.1 Å². The highest BCUT2D eigenvalue weighted by Crippen LogP contribution is 2.39. The molecular weight excluding hydrogens is 532 g/mol. The number of fused-ring (bicyclic) bond motifs is 4. The Morgan fingerprint density at radius 3 is 2.09 bits per heavy atom. The van der Waals surface area contributed by atoms with E-state index < -0.39 is 0 Å². The van der Waals surface area contributed by atoms with E-state index in [0.717, 1.165) is 23.2 Å². The minimum atomic E-state index is -0.184. The van der Waals surface area contributed by atoms with Gasteiger partial charge in [-0.1, -0.05) is 121 Å². The number of aryl methyl sites for hydroxylation is 1. The fourth-order valence-corrected chi connectivity index (χ4v) is 6.99. The first-order valence-electron chi connectivity index (χ1n) is 15.3. The predicted octanol–water partition coefficient (Wildman–Crippen LogP) is 8.89. The first-order chi connectivity index (χ1) is 21.7. The van der Waals surface area contributed by atoms with E-state index in [4.69, 9.17) is 6.72 Å². The molecule has 1 unspecified atom stereocenters. The highest BCUT2D eigenvalue weighted by molar-refractivity contribution is 6.04. The van der Waals surface area contributed by atoms with Gasteiger partial charge in [0, 0.05) is 28.8 Å². The van der Waals surface area contributed by atoms with Gasteiger partial charge in [0.15, 0.2) is 0 Å². The minimum Gasteiger partial charge on any atom is -0.368 e. The van der Waals surface area contributed by atoms with Crippen LogP contribution in [0.25, 0.3) is 37.9 Å². The zero-order valence-corrected chi connectivity index (χ0v) is 24.8. The molecule has 6 aromatic carbocycles. The van der Waals surface area contributed by atoms with Gasteiger partial charge in [-0.05, 0) is 69.1 Å². The molecule has 0 spiro atoms. The summed E-state index contributed by atoms with van der Waals surface area (Å²) < 4.78 is 2.15. The second kappa shape index (κ2) is 10.7. The lowest BCUT2D eigenvalue weighted by molar-refractivity contribution is -0.524. The Bertz CT molecular complexity index is 2330. The summed E-state index contributed by atoms with van der Waals surface area (Å²) in [5.41, 5.74) is 8.53. The van der Waals surface area contributed by atoms with Crippen LogP contribution >= 0.6 is 0 Å². The molecule has 1 N–H and O–H groups in total. The molecule has 0 saturated carbocycles. The van der Waals surface area contributed by atoms with Crippen molar-refractivity contribution in [1.82, 2.24) is 0 Å². The lowest BCUT2D eigenvalue weighted by Gasteiger charge is -2.24. The van der Waals surface area contributed by atoms with E-state index in [0.29, 0.717) is 0 Å². The van der Waals surface area contributed by atoms with Gasteiger partial charge in [0.05, 0.1) is 5.57 Å². The summed E-state index contributed by atoms with van der Waals surface area (Å²) in [4.78, 5) is 0. The van der Waals surface area contributed by atoms with Crippen molar-refractivity contribution in [2.75, 3.05) is 5.32 Å². The molecule has 7 aromatic rings. The number of aromatic nitrogens is 1. The maximum Gasteiger partial charge on any atom is 0.218 e. The maximum absolute atomic E-state index is 4.72. The highest BCUT2D eigenvalue weighted by atomic mass is 15.0. The SMILES string of the molecule is C=[n+]1c(C(Nc2c(C)ccc3ccccc23)c2c3ccccc3cc3ccccc23)ccc/c1=C1/C=CCc2ccccc21. The second-order valence-electron chi connectivity index (χ2n) is 11.7. The third-order valence-electron chi connectivity index (χ3n) is 9.15. The van der Waals surface area contributed by atoms with E-state index in [9.17, 15) is 0 Å². The van der Waals surface area contributed by atoms with Gasteiger partial charge in [-0.3, -0.25) is 0 Å². The quantitative estimate of drug-likeness (QED) is 0.167. The molecule has 0 saturated heterocycles. The van der Waals surface area contributed by atoms with Crippen LogP contribution in [0.5, 0.6) is 0 Å². The average Bonchev–Trinajstić information content (AvgIpc) is 3.07. The number of hydrogen-bond acceptors (Lipinski definition) is 1. The number of nitrogens with zero attached hydrogens (tertiary/aromatic N) is 1. The fraction of sp³-hybridized carbons (Fsp3) is 0.0714. The molecule has 1 atom stereocenters. The molecule has 1 heterocycles. The zero-order chi connectivity index (χ0) is 29.6. The van der Waals surface area contributed by atoms with Crippen molar-refractivity contribution in [3.63, 3.8) is 0 Å². The van der Waals surface area contributed by atoms with Gasteiger partial charge in [0.1, 0.15) is 12.8 Å². The van der Waals surface area contributed by atoms with E-state index in [1.807, 2.05) is 0 Å². The molecule has 8 rings (SSSR count). The van der Waals surface area contributed by atoms with Crippen LogP contribution in [0.4, 0.5) is 5.69 Å². The zero-order valence-electron chi connectivity index (χ0n) is 24.8. The van der Waals surface area contributed by atoms with Crippen LogP contribution in [0.15, 0.2) is 146 Å². The van der Waals surface area contributed by atoms with Crippen LogP contribution < -0.4 is 14.9 Å². The fourth-order valence-electron chi connectivity index (χ4n) is 6.99. The molecule has 0 radical (unpaired) electrons. The Hall–Kier alpha value is -5.47. The van der Waals surface area contributed by atoms with Crippen molar-refractivity contribution in [2.24, 2.45) is 0 Å². The van der Waals surface area contributed by atoms with Gasteiger partial charge in [0.25, 0.3) is 0 Å².